The smallest absolute Gasteiger partial charge is 0.0671 e. The van der Waals surface area contributed by atoms with E-state index in [1.165, 1.54) is 9.75 Å². The van der Waals surface area contributed by atoms with Gasteiger partial charge >= 0.3 is 0 Å². The number of thiophene rings is 1. The summed E-state index contributed by atoms with van der Waals surface area (Å²) in [6, 6.07) is 4.88. The predicted octanol–water partition coefficient (Wildman–Crippen LogP) is 3.39. The summed E-state index contributed by atoms with van der Waals surface area (Å²) < 4.78 is 5.50. The van der Waals surface area contributed by atoms with Gasteiger partial charge in [-0.15, -0.1) is 11.3 Å². The van der Waals surface area contributed by atoms with Crippen molar-refractivity contribution in [3.8, 4) is 0 Å². The van der Waals surface area contributed by atoms with E-state index in [2.05, 4.69) is 38.2 Å². The van der Waals surface area contributed by atoms with E-state index < -0.39 is 0 Å². The van der Waals surface area contributed by atoms with Gasteiger partial charge in [0.25, 0.3) is 0 Å². The molecule has 16 heavy (non-hydrogen) atoms. The molecule has 0 aromatic carbocycles. The van der Waals surface area contributed by atoms with Gasteiger partial charge in [0.2, 0.25) is 0 Å². The number of ether oxygens (including phenoxy) is 1. The summed E-state index contributed by atoms with van der Waals surface area (Å²) in [6.45, 7) is 10.3. The average Bonchev–Trinajstić information content (AvgIpc) is 2.75. The summed E-state index contributed by atoms with van der Waals surface area (Å²) in [5.74, 6) is 0. The van der Waals surface area contributed by atoms with Crippen LogP contribution in [0.5, 0.6) is 0 Å². The highest BCUT2D eigenvalue weighted by Gasteiger charge is 2.09. The van der Waals surface area contributed by atoms with Gasteiger partial charge < -0.3 is 10.1 Å². The van der Waals surface area contributed by atoms with Crippen LogP contribution in [-0.2, 0) is 11.2 Å². The standard InChI is InChI=1S/C13H23NOS/c1-5-12-7-8-13(16-12)11(4)14-9-10(3)15-6-2/h7-8,10-11,14H,5-6,9H2,1-4H3. The maximum atomic E-state index is 5.50. The van der Waals surface area contributed by atoms with E-state index in [0.29, 0.717) is 6.04 Å². The Hall–Kier alpha value is -0.380. The zero-order chi connectivity index (χ0) is 12.0. The van der Waals surface area contributed by atoms with Crippen molar-refractivity contribution in [3.05, 3.63) is 21.9 Å². The molecule has 0 aliphatic heterocycles. The van der Waals surface area contributed by atoms with Crippen LogP contribution >= 0.6 is 11.3 Å². The minimum absolute atomic E-state index is 0.290. The third-order valence-electron chi connectivity index (χ3n) is 2.62. The van der Waals surface area contributed by atoms with Crippen molar-refractivity contribution >= 4 is 11.3 Å². The summed E-state index contributed by atoms with van der Waals surface area (Å²) in [4.78, 5) is 2.88. The highest BCUT2D eigenvalue weighted by Crippen LogP contribution is 2.23. The Bertz CT molecular complexity index is 298. The molecule has 0 saturated carbocycles. The Balaban J connectivity index is 2.37. The molecule has 0 saturated heterocycles. The normalized spacial score (nSPS) is 15.0. The van der Waals surface area contributed by atoms with Crippen LogP contribution in [0.3, 0.4) is 0 Å². The van der Waals surface area contributed by atoms with E-state index in [1.54, 1.807) is 0 Å². The molecule has 1 aromatic heterocycles. The topological polar surface area (TPSA) is 21.3 Å². The predicted molar refractivity (Wildman–Crippen MR) is 71.2 cm³/mol. The maximum Gasteiger partial charge on any atom is 0.0671 e. The van der Waals surface area contributed by atoms with Gasteiger partial charge in [0.15, 0.2) is 0 Å². The van der Waals surface area contributed by atoms with Gasteiger partial charge in [0.1, 0.15) is 0 Å². The molecule has 3 heteroatoms. The van der Waals surface area contributed by atoms with Gasteiger partial charge in [-0.3, -0.25) is 0 Å². The molecule has 2 nitrogen and oxygen atoms in total. The van der Waals surface area contributed by atoms with Crippen LogP contribution < -0.4 is 5.32 Å². The third-order valence-corrected chi connectivity index (χ3v) is 4.03. The molecule has 1 rings (SSSR count). The lowest BCUT2D eigenvalue weighted by atomic mass is 10.2. The summed E-state index contributed by atoms with van der Waals surface area (Å²) in [7, 11) is 0. The lowest BCUT2D eigenvalue weighted by Crippen LogP contribution is -2.28. The van der Waals surface area contributed by atoms with E-state index in [0.717, 1.165) is 19.6 Å². The molecular weight excluding hydrogens is 218 g/mol. The fraction of sp³-hybridized carbons (Fsp3) is 0.692. The number of rotatable bonds is 7. The van der Waals surface area contributed by atoms with Crippen molar-refractivity contribution in [1.82, 2.24) is 5.32 Å². The Labute approximate surface area is 103 Å². The number of hydrogen-bond donors (Lipinski definition) is 1. The molecule has 1 heterocycles. The molecule has 1 N–H and O–H groups in total. The van der Waals surface area contributed by atoms with Gasteiger partial charge in [-0.2, -0.15) is 0 Å². The molecule has 0 aliphatic rings. The zero-order valence-electron chi connectivity index (χ0n) is 10.7. The SMILES string of the molecule is CCOC(C)CNC(C)c1ccc(CC)s1. The van der Waals surface area contributed by atoms with E-state index in [-0.39, 0.29) is 6.10 Å². The van der Waals surface area contributed by atoms with Crippen LogP contribution in [0.2, 0.25) is 0 Å². The highest BCUT2D eigenvalue weighted by molar-refractivity contribution is 7.12. The summed E-state index contributed by atoms with van der Waals surface area (Å²) in [6.07, 6.45) is 1.42. The molecule has 1 aromatic rings. The first-order valence-electron chi connectivity index (χ1n) is 6.10. The molecule has 0 radical (unpaired) electrons. The Morgan fingerprint density at radius 1 is 1.31 bits per heavy atom. The van der Waals surface area contributed by atoms with E-state index in [9.17, 15) is 0 Å². The molecule has 92 valence electrons. The second kappa shape index (κ2) is 7.05. The van der Waals surface area contributed by atoms with Gasteiger partial charge in [-0.05, 0) is 39.3 Å². The van der Waals surface area contributed by atoms with E-state index in [4.69, 9.17) is 4.74 Å². The second-order valence-corrected chi connectivity index (χ2v) is 5.25. The van der Waals surface area contributed by atoms with Crippen LogP contribution in [0.1, 0.15) is 43.5 Å². The van der Waals surface area contributed by atoms with Crippen LogP contribution in [0.15, 0.2) is 12.1 Å². The van der Waals surface area contributed by atoms with Crippen LogP contribution in [-0.4, -0.2) is 19.3 Å². The first kappa shape index (κ1) is 13.7. The Morgan fingerprint density at radius 2 is 2.06 bits per heavy atom. The number of hydrogen-bond acceptors (Lipinski definition) is 3. The summed E-state index contributed by atoms with van der Waals surface area (Å²) >= 11 is 1.90. The zero-order valence-corrected chi connectivity index (χ0v) is 11.6. The first-order chi connectivity index (χ1) is 7.67. The minimum atomic E-state index is 0.290. The van der Waals surface area contributed by atoms with Gasteiger partial charge in [-0.25, -0.2) is 0 Å². The Kier molecular flexibility index (Phi) is 6.03. The van der Waals surface area contributed by atoms with Gasteiger partial charge in [0.05, 0.1) is 6.10 Å². The maximum absolute atomic E-state index is 5.50. The average molecular weight is 241 g/mol. The molecule has 0 spiro atoms. The first-order valence-corrected chi connectivity index (χ1v) is 6.92. The molecule has 0 amide bonds. The van der Waals surface area contributed by atoms with Crippen LogP contribution in [0, 0.1) is 0 Å². The fourth-order valence-corrected chi connectivity index (χ4v) is 2.58. The van der Waals surface area contributed by atoms with E-state index >= 15 is 0 Å². The van der Waals surface area contributed by atoms with Crippen LogP contribution in [0.4, 0.5) is 0 Å². The number of aryl methyl sites for hydroxylation is 1. The van der Waals surface area contributed by atoms with Crippen molar-refractivity contribution in [2.75, 3.05) is 13.2 Å². The van der Waals surface area contributed by atoms with Crippen molar-refractivity contribution in [3.63, 3.8) is 0 Å². The fourth-order valence-electron chi connectivity index (χ4n) is 1.60. The monoisotopic (exact) mass is 241 g/mol. The number of nitrogens with one attached hydrogen (secondary N) is 1. The quantitative estimate of drug-likeness (QED) is 0.790. The van der Waals surface area contributed by atoms with E-state index in [1.807, 2.05) is 18.3 Å². The van der Waals surface area contributed by atoms with Crippen molar-refractivity contribution < 1.29 is 4.74 Å². The lowest BCUT2D eigenvalue weighted by molar-refractivity contribution is 0.0744. The summed E-state index contributed by atoms with van der Waals surface area (Å²) in [5, 5.41) is 3.51. The van der Waals surface area contributed by atoms with Crippen molar-refractivity contribution in [2.24, 2.45) is 0 Å². The largest absolute Gasteiger partial charge is 0.377 e. The molecule has 0 fully saturated rings. The molecule has 0 bridgehead atoms. The highest BCUT2D eigenvalue weighted by atomic mass is 32.1. The third kappa shape index (κ3) is 4.24. The molecular formula is C13H23NOS. The lowest BCUT2D eigenvalue weighted by Gasteiger charge is -2.16. The molecule has 2 unspecified atom stereocenters. The van der Waals surface area contributed by atoms with Crippen molar-refractivity contribution in [1.29, 1.82) is 0 Å². The van der Waals surface area contributed by atoms with Gasteiger partial charge in [-0.1, -0.05) is 6.92 Å². The minimum Gasteiger partial charge on any atom is -0.377 e. The van der Waals surface area contributed by atoms with Gasteiger partial charge in [0, 0.05) is 28.9 Å². The second-order valence-electron chi connectivity index (χ2n) is 4.05. The van der Waals surface area contributed by atoms with Crippen molar-refractivity contribution in [2.45, 2.75) is 46.3 Å². The molecule has 2 atom stereocenters. The molecule has 0 aliphatic carbocycles. The van der Waals surface area contributed by atoms with Crippen LogP contribution in [0.25, 0.3) is 0 Å². The Morgan fingerprint density at radius 3 is 2.62 bits per heavy atom. The summed E-state index contributed by atoms with van der Waals surface area (Å²) in [5.41, 5.74) is 0.